The van der Waals surface area contributed by atoms with Gasteiger partial charge in [-0.05, 0) is 12.8 Å². The summed E-state index contributed by atoms with van der Waals surface area (Å²) in [6.45, 7) is 7.66. The summed E-state index contributed by atoms with van der Waals surface area (Å²) in [7, 11) is 0. The van der Waals surface area contributed by atoms with Crippen LogP contribution in [0.15, 0.2) is 12.7 Å². The van der Waals surface area contributed by atoms with Gasteiger partial charge >= 0.3 is 5.97 Å². The average Bonchev–Trinajstić information content (AvgIpc) is 2.53. The fraction of sp³-hybridized carbons (Fsp3) is 0.850. The minimum atomic E-state index is -1.80. The normalized spacial score (nSPS) is 13.5. The second-order valence-corrected chi connectivity index (χ2v) is 6.54. The Bertz CT molecular complexity index is 304. The monoisotopic (exact) mass is 328 g/mol. The van der Waals surface area contributed by atoms with E-state index in [1.165, 1.54) is 38.5 Å². The van der Waals surface area contributed by atoms with Crippen molar-refractivity contribution < 1.29 is 13.9 Å². The van der Waals surface area contributed by atoms with Crippen LogP contribution in [0.1, 0.15) is 104 Å². The molecule has 0 amide bonds. The molecule has 1 atom stereocenters. The van der Waals surface area contributed by atoms with Crippen molar-refractivity contribution in [1.82, 2.24) is 0 Å². The van der Waals surface area contributed by atoms with E-state index < -0.39 is 11.8 Å². The van der Waals surface area contributed by atoms with Gasteiger partial charge in [0.1, 0.15) is 0 Å². The smallest absolute Gasteiger partial charge is 0.332 e. The van der Waals surface area contributed by atoms with E-state index in [1.54, 1.807) is 0 Å². The molecule has 0 rings (SSSR count). The van der Waals surface area contributed by atoms with Crippen molar-refractivity contribution in [2.24, 2.45) is 0 Å². The van der Waals surface area contributed by atoms with Gasteiger partial charge in [-0.15, -0.1) is 0 Å². The van der Waals surface area contributed by atoms with Crippen LogP contribution < -0.4 is 0 Å². The van der Waals surface area contributed by atoms with Crippen LogP contribution >= 0.6 is 0 Å². The average molecular weight is 329 g/mol. The zero-order valence-corrected chi connectivity index (χ0v) is 15.4. The quantitative estimate of drug-likeness (QED) is 0.175. The van der Waals surface area contributed by atoms with E-state index >= 15 is 0 Å². The predicted octanol–water partition coefficient (Wildman–Crippen LogP) is 6.88. The number of carbonyl (C=O) groups is 1. The van der Waals surface area contributed by atoms with Gasteiger partial charge in [0.2, 0.25) is 0 Å². The fourth-order valence-corrected chi connectivity index (χ4v) is 2.79. The first-order valence-corrected chi connectivity index (χ1v) is 9.62. The molecule has 0 saturated carbocycles. The second-order valence-electron chi connectivity index (χ2n) is 6.54. The van der Waals surface area contributed by atoms with Gasteiger partial charge in [-0.25, -0.2) is 4.79 Å². The van der Waals surface area contributed by atoms with Crippen molar-refractivity contribution in [1.29, 1.82) is 0 Å². The molecule has 23 heavy (non-hydrogen) atoms. The van der Waals surface area contributed by atoms with Crippen molar-refractivity contribution in [3.63, 3.8) is 0 Å². The molecule has 0 radical (unpaired) electrons. The Balaban J connectivity index is 3.90. The molecule has 0 aromatic heterocycles. The zero-order chi connectivity index (χ0) is 17.4. The minimum Gasteiger partial charge on any atom is -0.425 e. The van der Waals surface area contributed by atoms with Crippen LogP contribution in [0.3, 0.4) is 0 Å². The Kier molecular flexibility index (Phi) is 14.2. The van der Waals surface area contributed by atoms with Crippen LogP contribution in [-0.4, -0.2) is 11.8 Å². The molecule has 136 valence electrons. The van der Waals surface area contributed by atoms with E-state index in [2.05, 4.69) is 20.4 Å². The lowest BCUT2D eigenvalue weighted by atomic mass is 10.0. The van der Waals surface area contributed by atoms with E-state index in [-0.39, 0.29) is 0 Å². The summed E-state index contributed by atoms with van der Waals surface area (Å²) >= 11 is 0. The molecule has 0 aliphatic rings. The van der Waals surface area contributed by atoms with Gasteiger partial charge < -0.3 is 4.74 Å². The largest absolute Gasteiger partial charge is 0.425 e. The van der Waals surface area contributed by atoms with Crippen LogP contribution in [0.4, 0.5) is 4.39 Å². The molecule has 0 fully saturated rings. The number of esters is 1. The summed E-state index contributed by atoms with van der Waals surface area (Å²) in [6, 6.07) is 0. The van der Waals surface area contributed by atoms with E-state index in [4.69, 9.17) is 4.74 Å². The first kappa shape index (κ1) is 22.1. The van der Waals surface area contributed by atoms with Gasteiger partial charge in [0, 0.05) is 18.9 Å². The summed E-state index contributed by atoms with van der Waals surface area (Å²) in [6.07, 6.45) is 15.1. The van der Waals surface area contributed by atoms with E-state index in [0.29, 0.717) is 12.8 Å². The molecule has 0 saturated heterocycles. The lowest BCUT2D eigenvalue weighted by molar-refractivity contribution is -0.180. The van der Waals surface area contributed by atoms with Crippen molar-refractivity contribution >= 4 is 5.97 Å². The van der Waals surface area contributed by atoms with Crippen LogP contribution in [-0.2, 0) is 9.53 Å². The van der Waals surface area contributed by atoms with Gasteiger partial charge in [0.25, 0.3) is 5.85 Å². The summed E-state index contributed by atoms with van der Waals surface area (Å²) < 4.78 is 19.8. The molecule has 2 nitrogen and oxygen atoms in total. The Hall–Kier alpha value is -0.860. The number of halogens is 1. The van der Waals surface area contributed by atoms with Crippen LogP contribution in [0.5, 0.6) is 0 Å². The first-order valence-electron chi connectivity index (χ1n) is 9.62. The van der Waals surface area contributed by atoms with Crippen molar-refractivity contribution in [3.8, 4) is 0 Å². The number of hydrogen-bond acceptors (Lipinski definition) is 2. The molecule has 0 N–H and O–H groups in total. The number of ether oxygens (including phenoxy) is 1. The summed E-state index contributed by atoms with van der Waals surface area (Å²) in [5, 5.41) is 0. The highest BCUT2D eigenvalue weighted by Crippen LogP contribution is 2.29. The lowest BCUT2D eigenvalue weighted by Gasteiger charge is -2.25. The fourth-order valence-electron chi connectivity index (χ4n) is 2.79. The number of hydrogen-bond donors (Lipinski definition) is 0. The lowest BCUT2D eigenvalue weighted by Crippen LogP contribution is -2.29. The van der Waals surface area contributed by atoms with Crippen molar-refractivity contribution in [2.75, 3.05) is 0 Å². The number of alkyl halides is 1. The third kappa shape index (κ3) is 13.3. The topological polar surface area (TPSA) is 26.3 Å². The molecular formula is C20H37FO2. The minimum absolute atomic E-state index is 0.303. The number of unbranched alkanes of at least 4 members (excludes halogenated alkanes) is 10. The highest BCUT2D eigenvalue weighted by Gasteiger charge is 2.32. The first-order chi connectivity index (χ1) is 11.1. The molecule has 0 heterocycles. The third-order valence-corrected chi connectivity index (χ3v) is 4.26. The molecule has 0 aromatic carbocycles. The molecule has 3 heteroatoms. The van der Waals surface area contributed by atoms with Gasteiger partial charge in [-0.3, -0.25) is 0 Å². The highest BCUT2D eigenvalue weighted by molar-refractivity contribution is 5.81. The molecule has 0 aliphatic heterocycles. The predicted molar refractivity (Wildman–Crippen MR) is 96.1 cm³/mol. The molecule has 0 spiro atoms. The van der Waals surface area contributed by atoms with E-state index in [9.17, 15) is 9.18 Å². The molecular weight excluding hydrogens is 291 g/mol. The maximum Gasteiger partial charge on any atom is 0.332 e. The third-order valence-electron chi connectivity index (χ3n) is 4.26. The van der Waals surface area contributed by atoms with Crippen molar-refractivity contribution in [2.45, 2.75) is 110 Å². The zero-order valence-electron chi connectivity index (χ0n) is 15.4. The maximum atomic E-state index is 14.8. The summed E-state index contributed by atoms with van der Waals surface area (Å²) in [4.78, 5) is 11.3. The van der Waals surface area contributed by atoms with Crippen LogP contribution in [0, 0.1) is 0 Å². The van der Waals surface area contributed by atoms with E-state index in [1.807, 2.05) is 0 Å². The Labute approximate surface area is 142 Å². The van der Waals surface area contributed by atoms with Gasteiger partial charge in [0.15, 0.2) is 0 Å². The van der Waals surface area contributed by atoms with Crippen LogP contribution in [0.25, 0.3) is 0 Å². The second kappa shape index (κ2) is 14.7. The Morgan fingerprint density at radius 1 is 0.870 bits per heavy atom. The van der Waals surface area contributed by atoms with Gasteiger partial charge in [-0.1, -0.05) is 84.6 Å². The number of carbonyl (C=O) groups excluding carboxylic acids is 1. The SMILES string of the molecule is C=CC(=O)OC(F)(CCCCC)CCCCCCCCCCC. The maximum absolute atomic E-state index is 14.8. The van der Waals surface area contributed by atoms with E-state index in [0.717, 1.165) is 44.6 Å². The standard InChI is InChI=1S/C20H37FO2/c1-4-7-9-10-11-12-13-14-16-18-20(21,17-15-8-5-2)23-19(22)6-3/h6H,3-5,7-18H2,1-2H3. The highest BCUT2D eigenvalue weighted by atomic mass is 19.2. The Morgan fingerprint density at radius 2 is 1.26 bits per heavy atom. The van der Waals surface area contributed by atoms with Crippen molar-refractivity contribution in [3.05, 3.63) is 12.7 Å². The summed E-state index contributed by atoms with van der Waals surface area (Å²) in [5.74, 6) is -2.46. The number of rotatable bonds is 16. The van der Waals surface area contributed by atoms with Gasteiger partial charge in [0.05, 0.1) is 0 Å². The van der Waals surface area contributed by atoms with Crippen LogP contribution in [0.2, 0.25) is 0 Å². The Morgan fingerprint density at radius 3 is 1.74 bits per heavy atom. The molecule has 0 aliphatic carbocycles. The molecule has 0 aromatic rings. The molecule has 1 unspecified atom stereocenters. The molecule has 0 bridgehead atoms. The summed E-state index contributed by atoms with van der Waals surface area (Å²) in [5.41, 5.74) is 0. The van der Waals surface area contributed by atoms with Gasteiger partial charge in [-0.2, -0.15) is 4.39 Å².